The first-order valence-electron chi connectivity index (χ1n) is 9.18. The number of aliphatic imine (C=N–C) groups is 1. The van der Waals surface area contributed by atoms with Crippen LogP contribution in [0.15, 0.2) is 32.2 Å². The first-order valence-corrected chi connectivity index (χ1v) is 11.1. The van der Waals surface area contributed by atoms with Gasteiger partial charge in [0.1, 0.15) is 0 Å². The van der Waals surface area contributed by atoms with Gasteiger partial charge in [-0.2, -0.15) is 18.3 Å². The zero-order valence-corrected chi connectivity index (χ0v) is 16.4. The van der Waals surface area contributed by atoms with Gasteiger partial charge < -0.3 is 5.73 Å². The van der Waals surface area contributed by atoms with Gasteiger partial charge >= 0.3 is 6.18 Å². The van der Waals surface area contributed by atoms with Gasteiger partial charge in [-0.25, -0.2) is 13.4 Å². The minimum atomic E-state index is -4.80. The summed E-state index contributed by atoms with van der Waals surface area (Å²) in [5.74, 6) is 0.371. The number of amidine groups is 1. The zero-order valence-electron chi connectivity index (χ0n) is 15.5. The number of nitrogens with zero attached hydrogens (tertiary/aromatic N) is 3. The predicted molar refractivity (Wildman–Crippen MR) is 99.1 cm³/mol. The van der Waals surface area contributed by atoms with Crippen molar-refractivity contribution >= 4 is 15.7 Å². The standard InChI is InChI=1S/C18H23F3N4O2S/c1-28(26,27)16-14(18(19,20)21)9-6-12(15(16)17-23-10-24-25-17)5-2-11-3-7-13(22)8-4-11/h6,9,11,13H,2-5,7-8,10,22H2,1H3. The lowest BCUT2D eigenvalue weighted by Gasteiger charge is -2.26. The Morgan fingerprint density at radius 2 is 1.86 bits per heavy atom. The fourth-order valence-corrected chi connectivity index (χ4v) is 5.06. The van der Waals surface area contributed by atoms with E-state index in [1.807, 2.05) is 0 Å². The molecule has 28 heavy (non-hydrogen) atoms. The van der Waals surface area contributed by atoms with Crippen LogP contribution in [-0.2, 0) is 22.4 Å². The van der Waals surface area contributed by atoms with Gasteiger partial charge in [0.25, 0.3) is 0 Å². The van der Waals surface area contributed by atoms with E-state index in [1.165, 1.54) is 6.07 Å². The minimum Gasteiger partial charge on any atom is -0.328 e. The molecule has 1 aliphatic carbocycles. The third kappa shape index (κ3) is 4.60. The van der Waals surface area contributed by atoms with Crippen LogP contribution in [0.1, 0.15) is 48.8 Å². The SMILES string of the molecule is CS(=O)(=O)c1c(C(F)(F)F)ccc(CCC2CCC(N)CC2)c1C1=NCN=N1. The lowest BCUT2D eigenvalue weighted by atomic mass is 9.82. The van der Waals surface area contributed by atoms with Gasteiger partial charge in [-0.3, -0.25) is 0 Å². The number of benzene rings is 1. The van der Waals surface area contributed by atoms with Crippen LogP contribution in [0.2, 0.25) is 0 Å². The summed E-state index contributed by atoms with van der Waals surface area (Å²) in [4.78, 5) is 3.24. The molecule has 0 spiro atoms. The molecular formula is C18H23F3N4O2S. The molecule has 2 N–H and O–H groups in total. The maximum absolute atomic E-state index is 13.5. The van der Waals surface area contributed by atoms with E-state index in [9.17, 15) is 21.6 Å². The van der Waals surface area contributed by atoms with E-state index in [2.05, 4.69) is 15.2 Å². The van der Waals surface area contributed by atoms with Crippen LogP contribution >= 0.6 is 0 Å². The molecule has 0 atom stereocenters. The fraction of sp³-hybridized carbons (Fsp3) is 0.611. The van der Waals surface area contributed by atoms with E-state index in [0.717, 1.165) is 44.4 Å². The quantitative estimate of drug-likeness (QED) is 0.792. The minimum absolute atomic E-state index is 0.0191. The molecule has 1 aromatic rings. The Kier molecular flexibility index (Phi) is 5.90. The Hall–Kier alpha value is -1.81. The van der Waals surface area contributed by atoms with Crippen molar-refractivity contribution in [1.82, 2.24) is 0 Å². The second kappa shape index (κ2) is 7.90. The average molecular weight is 416 g/mol. The molecule has 0 bridgehead atoms. The number of nitrogens with two attached hydrogens (primary N) is 1. The average Bonchev–Trinajstić information content (AvgIpc) is 3.13. The largest absolute Gasteiger partial charge is 0.417 e. The van der Waals surface area contributed by atoms with E-state index >= 15 is 0 Å². The molecule has 2 aliphatic rings. The monoisotopic (exact) mass is 416 g/mol. The highest BCUT2D eigenvalue weighted by Gasteiger charge is 2.39. The van der Waals surface area contributed by atoms with Crippen molar-refractivity contribution in [2.45, 2.75) is 55.6 Å². The van der Waals surface area contributed by atoms with Crippen LogP contribution in [-0.4, -0.2) is 33.2 Å². The second-order valence-corrected chi connectivity index (χ2v) is 9.38. The number of sulfone groups is 1. The number of halogens is 3. The molecule has 6 nitrogen and oxygen atoms in total. The van der Waals surface area contributed by atoms with Crippen LogP contribution < -0.4 is 5.73 Å². The maximum atomic E-state index is 13.5. The van der Waals surface area contributed by atoms with E-state index in [0.29, 0.717) is 17.9 Å². The molecular weight excluding hydrogens is 393 g/mol. The van der Waals surface area contributed by atoms with Crippen LogP contribution in [0.3, 0.4) is 0 Å². The van der Waals surface area contributed by atoms with Gasteiger partial charge in [0.05, 0.1) is 10.5 Å². The highest BCUT2D eigenvalue weighted by atomic mass is 32.2. The van der Waals surface area contributed by atoms with Crippen LogP contribution in [0.4, 0.5) is 13.2 Å². The van der Waals surface area contributed by atoms with Crippen LogP contribution in [0.5, 0.6) is 0 Å². The number of rotatable bonds is 5. The van der Waals surface area contributed by atoms with Gasteiger partial charge in [-0.1, -0.05) is 6.07 Å². The Morgan fingerprint density at radius 1 is 1.18 bits per heavy atom. The van der Waals surface area contributed by atoms with Crippen molar-refractivity contribution in [3.8, 4) is 0 Å². The van der Waals surface area contributed by atoms with Gasteiger partial charge in [-0.15, -0.1) is 5.11 Å². The lowest BCUT2D eigenvalue weighted by molar-refractivity contribution is -0.139. The second-order valence-electron chi connectivity index (χ2n) is 7.43. The number of azo groups is 1. The number of alkyl halides is 3. The maximum Gasteiger partial charge on any atom is 0.417 e. The Morgan fingerprint density at radius 3 is 2.39 bits per heavy atom. The lowest BCUT2D eigenvalue weighted by Crippen LogP contribution is -2.26. The molecule has 3 rings (SSSR count). The molecule has 154 valence electrons. The summed E-state index contributed by atoms with van der Waals surface area (Å²) in [6, 6.07) is 2.40. The van der Waals surface area contributed by atoms with Crippen LogP contribution in [0.25, 0.3) is 0 Å². The Bertz CT molecular complexity index is 902. The highest BCUT2D eigenvalue weighted by Crippen LogP contribution is 2.39. The van der Waals surface area contributed by atoms with Crippen molar-refractivity contribution in [3.63, 3.8) is 0 Å². The van der Waals surface area contributed by atoms with E-state index in [-0.39, 0.29) is 24.1 Å². The third-order valence-electron chi connectivity index (χ3n) is 5.31. The van der Waals surface area contributed by atoms with E-state index in [1.54, 1.807) is 0 Å². The van der Waals surface area contributed by atoms with Crippen molar-refractivity contribution in [2.75, 3.05) is 12.9 Å². The molecule has 1 heterocycles. The summed E-state index contributed by atoms with van der Waals surface area (Å²) < 4.78 is 65.2. The van der Waals surface area contributed by atoms with Gasteiger partial charge in [0.15, 0.2) is 22.3 Å². The molecule has 10 heteroatoms. The van der Waals surface area contributed by atoms with Crippen molar-refractivity contribution < 1.29 is 21.6 Å². The molecule has 1 aromatic carbocycles. The van der Waals surface area contributed by atoms with Crippen molar-refractivity contribution in [1.29, 1.82) is 0 Å². The molecule has 0 saturated heterocycles. The molecule has 0 radical (unpaired) electrons. The molecule has 0 unspecified atom stereocenters. The highest BCUT2D eigenvalue weighted by molar-refractivity contribution is 7.90. The summed E-state index contributed by atoms with van der Waals surface area (Å²) in [6.45, 7) is -0.0191. The smallest absolute Gasteiger partial charge is 0.328 e. The Balaban J connectivity index is 2.03. The molecule has 1 saturated carbocycles. The third-order valence-corrected chi connectivity index (χ3v) is 6.47. The summed E-state index contributed by atoms with van der Waals surface area (Å²) in [5, 5.41) is 7.48. The first-order chi connectivity index (χ1) is 13.1. The van der Waals surface area contributed by atoms with Gasteiger partial charge in [0.2, 0.25) is 0 Å². The Labute approximate surface area is 162 Å². The first kappa shape index (κ1) is 20.9. The van der Waals surface area contributed by atoms with Crippen LogP contribution in [0, 0.1) is 5.92 Å². The molecule has 1 fully saturated rings. The fourth-order valence-electron chi connectivity index (χ4n) is 3.88. The predicted octanol–water partition coefficient (Wildman–Crippen LogP) is 3.73. The topological polar surface area (TPSA) is 97.2 Å². The molecule has 0 amide bonds. The number of aryl methyl sites for hydroxylation is 1. The zero-order chi connectivity index (χ0) is 20.5. The van der Waals surface area contributed by atoms with Crippen molar-refractivity contribution in [2.24, 2.45) is 26.9 Å². The van der Waals surface area contributed by atoms with Gasteiger partial charge in [0, 0.05) is 17.9 Å². The summed E-state index contributed by atoms with van der Waals surface area (Å²) in [6.07, 6.45) is 0.970. The molecule has 0 aromatic heterocycles. The van der Waals surface area contributed by atoms with Crippen molar-refractivity contribution in [3.05, 3.63) is 28.8 Å². The summed E-state index contributed by atoms with van der Waals surface area (Å²) >= 11 is 0. The van der Waals surface area contributed by atoms with E-state index < -0.39 is 26.5 Å². The number of hydrogen-bond donors (Lipinski definition) is 1. The summed E-state index contributed by atoms with van der Waals surface area (Å²) in [5.41, 5.74) is 5.17. The number of hydrogen-bond acceptors (Lipinski definition) is 6. The summed E-state index contributed by atoms with van der Waals surface area (Å²) in [7, 11) is -4.18. The molecule has 1 aliphatic heterocycles. The van der Waals surface area contributed by atoms with Gasteiger partial charge in [-0.05, 0) is 56.1 Å². The normalized spacial score (nSPS) is 23.1. The van der Waals surface area contributed by atoms with E-state index in [4.69, 9.17) is 5.73 Å².